The van der Waals surface area contributed by atoms with Gasteiger partial charge in [-0.25, -0.2) is 0 Å². The molecule has 4 rings (SSSR count). The van der Waals surface area contributed by atoms with E-state index in [1.54, 1.807) is 11.3 Å². The number of carbonyl (C=O) groups excluding carboxylic acids is 1. The molecule has 5 heteroatoms. The van der Waals surface area contributed by atoms with Gasteiger partial charge >= 0.3 is 0 Å². The lowest BCUT2D eigenvalue weighted by atomic mass is 9.89. The van der Waals surface area contributed by atoms with Crippen LogP contribution in [0.2, 0.25) is 0 Å². The van der Waals surface area contributed by atoms with E-state index in [0.29, 0.717) is 12.0 Å². The number of nitrogens with zero attached hydrogens (tertiary/aromatic N) is 2. The van der Waals surface area contributed by atoms with Gasteiger partial charge in [-0.2, -0.15) is 5.10 Å². The Labute approximate surface area is 154 Å². The number of aromatic nitrogens is 2. The second-order valence-corrected chi connectivity index (χ2v) is 8.90. The first-order chi connectivity index (χ1) is 12.2. The van der Waals surface area contributed by atoms with Gasteiger partial charge in [0.1, 0.15) is 4.83 Å². The lowest BCUT2D eigenvalue weighted by molar-refractivity contribution is 0.0947. The molecule has 2 aliphatic rings. The summed E-state index contributed by atoms with van der Waals surface area (Å²) in [7, 11) is 0. The summed E-state index contributed by atoms with van der Waals surface area (Å²) in [6.45, 7) is 2.90. The number of thiophene rings is 1. The molecule has 0 unspecified atom stereocenters. The van der Waals surface area contributed by atoms with Crippen molar-refractivity contribution >= 4 is 27.5 Å². The maximum absolute atomic E-state index is 12.6. The van der Waals surface area contributed by atoms with Gasteiger partial charge in [-0.05, 0) is 44.6 Å². The molecule has 0 atom stereocenters. The van der Waals surface area contributed by atoms with Gasteiger partial charge in [0.25, 0.3) is 5.91 Å². The molecule has 136 valence electrons. The second kappa shape index (κ2) is 7.48. The van der Waals surface area contributed by atoms with Crippen LogP contribution in [0, 0.1) is 12.8 Å². The smallest absolute Gasteiger partial charge is 0.261 e. The highest BCUT2D eigenvalue weighted by atomic mass is 32.1. The van der Waals surface area contributed by atoms with Gasteiger partial charge in [0.2, 0.25) is 0 Å². The fraction of sp³-hybridized carbons (Fsp3) is 0.700. The van der Waals surface area contributed by atoms with E-state index >= 15 is 0 Å². The molecule has 2 heterocycles. The average molecular weight is 360 g/mol. The van der Waals surface area contributed by atoms with Crippen molar-refractivity contribution in [1.29, 1.82) is 0 Å². The minimum Gasteiger partial charge on any atom is -0.351 e. The number of fused-ring (bicyclic) bond motifs is 1. The van der Waals surface area contributed by atoms with Gasteiger partial charge in [0, 0.05) is 11.9 Å². The van der Waals surface area contributed by atoms with Crippen LogP contribution < -0.4 is 5.32 Å². The van der Waals surface area contributed by atoms with Crippen molar-refractivity contribution in [2.75, 3.05) is 6.54 Å². The lowest BCUT2D eigenvalue weighted by Crippen LogP contribution is -2.29. The SMILES string of the molecule is Cc1nn(C2CCCCC2)c2sc(C(=O)NCC3CCCCC3)cc12. The Kier molecular flexibility index (Phi) is 5.11. The fourth-order valence-corrected chi connectivity index (χ4v) is 5.62. The van der Waals surface area contributed by atoms with Crippen LogP contribution in [0.1, 0.15) is 85.6 Å². The normalized spacial score (nSPS) is 20.2. The summed E-state index contributed by atoms with van der Waals surface area (Å²) in [4.78, 5) is 14.7. The first-order valence-corrected chi connectivity index (χ1v) is 10.8. The minimum atomic E-state index is 0.0985. The fourth-order valence-electron chi connectivity index (χ4n) is 4.47. The Bertz CT molecular complexity index is 736. The van der Waals surface area contributed by atoms with Gasteiger partial charge in [-0.1, -0.05) is 38.5 Å². The third kappa shape index (κ3) is 3.62. The van der Waals surface area contributed by atoms with E-state index in [4.69, 9.17) is 5.10 Å². The summed E-state index contributed by atoms with van der Waals surface area (Å²) < 4.78 is 2.21. The van der Waals surface area contributed by atoms with Crippen LogP contribution in [0.4, 0.5) is 0 Å². The van der Waals surface area contributed by atoms with Crippen LogP contribution in [0.25, 0.3) is 10.2 Å². The third-order valence-corrected chi connectivity index (χ3v) is 7.11. The van der Waals surface area contributed by atoms with Gasteiger partial charge in [0.15, 0.2) is 0 Å². The number of rotatable bonds is 4. The highest BCUT2D eigenvalue weighted by Gasteiger charge is 2.23. The molecule has 1 amide bonds. The van der Waals surface area contributed by atoms with E-state index in [2.05, 4.69) is 23.0 Å². The number of nitrogens with one attached hydrogen (secondary N) is 1. The molecular weight excluding hydrogens is 330 g/mol. The summed E-state index contributed by atoms with van der Waals surface area (Å²) >= 11 is 1.62. The lowest BCUT2D eigenvalue weighted by Gasteiger charge is -2.22. The second-order valence-electron chi connectivity index (χ2n) is 7.87. The summed E-state index contributed by atoms with van der Waals surface area (Å²) in [5.74, 6) is 0.771. The number of carbonyl (C=O) groups is 1. The molecule has 1 N–H and O–H groups in total. The van der Waals surface area contributed by atoms with E-state index in [-0.39, 0.29) is 5.91 Å². The first-order valence-electron chi connectivity index (χ1n) is 9.99. The summed E-state index contributed by atoms with van der Waals surface area (Å²) in [6, 6.07) is 2.57. The predicted octanol–water partition coefficient (Wildman–Crippen LogP) is 5.22. The quantitative estimate of drug-likeness (QED) is 0.813. The Morgan fingerprint density at radius 3 is 2.56 bits per heavy atom. The molecule has 2 fully saturated rings. The van der Waals surface area contributed by atoms with E-state index in [1.807, 2.05) is 0 Å². The molecule has 4 nitrogen and oxygen atoms in total. The van der Waals surface area contributed by atoms with Crippen LogP contribution in [-0.4, -0.2) is 22.2 Å². The van der Waals surface area contributed by atoms with E-state index in [0.717, 1.165) is 17.1 Å². The van der Waals surface area contributed by atoms with Crippen molar-refractivity contribution in [2.45, 2.75) is 77.2 Å². The first kappa shape index (κ1) is 17.1. The molecule has 2 saturated carbocycles. The molecule has 0 radical (unpaired) electrons. The molecule has 2 aromatic heterocycles. The minimum absolute atomic E-state index is 0.0985. The van der Waals surface area contributed by atoms with Crippen molar-refractivity contribution in [3.05, 3.63) is 16.6 Å². The zero-order valence-electron chi connectivity index (χ0n) is 15.2. The predicted molar refractivity (Wildman–Crippen MR) is 103 cm³/mol. The number of amides is 1. The van der Waals surface area contributed by atoms with E-state index < -0.39 is 0 Å². The molecule has 0 aromatic carbocycles. The monoisotopic (exact) mass is 359 g/mol. The van der Waals surface area contributed by atoms with Crippen LogP contribution >= 0.6 is 11.3 Å². The zero-order chi connectivity index (χ0) is 17.2. The van der Waals surface area contributed by atoms with Crippen molar-refractivity contribution < 1.29 is 4.79 Å². The van der Waals surface area contributed by atoms with Crippen molar-refractivity contribution in [2.24, 2.45) is 5.92 Å². The molecule has 0 bridgehead atoms. The zero-order valence-corrected chi connectivity index (χ0v) is 16.0. The largest absolute Gasteiger partial charge is 0.351 e. The van der Waals surface area contributed by atoms with Crippen molar-refractivity contribution in [3.63, 3.8) is 0 Å². The summed E-state index contributed by atoms with van der Waals surface area (Å²) in [5, 5.41) is 9.13. The number of hydrogen-bond donors (Lipinski definition) is 1. The molecule has 25 heavy (non-hydrogen) atoms. The third-order valence-electron chi connectivity index (χ3n) is 5.99. The van der Waals surface area contributed by atoms with Crippen molar-refractivity contribution in [3.8, 4) is 0 Å². The molecule has 0 spiro atoms. The highest BCUT2D eigenvalue weighted by Crippen LogP contribution is 2.35. The maximum Gasteiger partial charge on any atom is 0.261 e. The Morgan fingerprint density at radius 1 is 1.16 bits per heavy atom. The summed E-state index contributed by atoms with van der Waals surface area (Å²) in [5.41, 5.74) is 1.06. The Hall–Kier alpha value is -1.36. The standard InChI is InChI=1S/C20H29N3OS/c1-14-17-12-18(19(24)21-13-15-8-4-2-5-9-15)25-20(17)23(22-14)16-10-6-3-7-11-16/h12,15-16H,2-11,13H2,1H3,(H,21,24). The molecule has 2 aliphatic carbocycles. The maximum atomic E-state index is 12.6. The molecule has 0 aliphatic heterocycles. The number of aryl methyl sites for hydroxylation is 1. The molecule has 2 aromatic rings. The van der Waals surface area contributed by atoms with E-state index in [1.165, 1.54) is 74.4 Å². The van der Waals surface area contributed by atoms with Gasteiger partial charge in [0.05, 0.1) is 16.6 Å². The van der Waals surface area contributed by atoms with Crippen LogP contribution in [0.3, 0.4) is 0 Å². The molecular formula is C20H29N3OS. The molecule has 0 saturated heterocycles. The van der Waals surface area contributed by atoms with Crippen molar-refractivity contribution in [1.82, 2.24) is 15.1 Å². The highest BCUT2D eigenvalue weighted by molar-refractivity contribution is 7.20. The van der Waals surface area contributed by atoms with Gasteiger partial charge < -0.3 is 5.32 Å². The van der Waals surface area contributed by atoms with Crippen LogP contribution in [0.15, 0.2) is 6.07 Å². The number of hydrogen-bond acceptors (Lipinski definition) is 3. The van der Waals surface area contributed by atoms with Gasteiger partial charge in [-0.15, -0.1) is 11.3 Å². The van der Waals surface area contributed by atoms with Crippen LogP contribution in [-0.2, 0) is 0 Å². The summed E-state index contributed by atoms with van der Waals surface area (Å²) in [6.07, 6.45) is 12.9. The Morgan fingerprint density at radius 2 is 1.84 bits per heavy atom. The average Bonchev–Trinajstić information content (AvgIpc) is 3.22. The van der Waals surface area contributed by atoms with Gasteiger partial charge in [-0.3, -0.25) is 9.48 Å². The topological polar surface area (TPSA) is 46.9 Å². The van der Waals surface area contributed by atoms with E-state index in [9.17, 15) is 4.79 Å². The van der Waals surface area contributed by atoms with Crippen LogP contribution in [0.5, 0.6) is 0 Å². The Balaban J connectivity index is 1.49.